The van der Waals surface area contributed by atoms with Crippen molar-refractivity contribution in [2.75, 3.05) is 5.73 Å². The molecule has 0 saturated heterocycles. The van der Waals surface area contributed by atoms with Crippen molar-refractivity contribution in [1.29, 1.82) is 0 Å². The Labute approximate surface area is 96.5 Å². The zero-order chi connectivity index (χ0) is 11.5. The number of rotatable bonds is 3. The lowest BCUT2D eigenvalue weighted by Crippen LogP contribution is -1.91. The number of H-pyrrole nitrogens is 1. The Morgan fingerprint density at radius 2 is 2.31 bits per heavy atom. The van der Waals surface area contributed by atoms with Crippen molar-refractivity contribution >= 4 is 17.4 Å². The average molecular weight is 238 g/mol. The van der Waals surface area contributed by atoms with E-state index < -0.39 is 0 Å². The van der Waals surface area contributed by atoms with Crippen LogP contribution in [0.1, 0.15) is 11.4 Å². The number of aromatic amines is 1. The van der Waals surface area contributed by atoms with Crippen molar-refractivity contribution in [2.45, 2.75) is 17.8 Å². The van der Waals surface area contributed by atoms with Crippen LogP contribution < -0.4 is 5.73 Å². The van der Waals surface area contributed by atoms with E-state index in [1.165, 1.54) is 17.8 Å². The summed E-state index contributed by atoms with van der Waals surface area (Å²) < 4.78 is 13.1. The predicted octanol–water partition coefficient (Wildman–Crippen LogP) is 2.13. The summed E-state index contributed by atoms with van der Waals surface area (Å²) in [6.45, 7) is 1.83. The number of anilines is 1. The molecule has 16 heavy (non-hydrogen) atoms. The molecule has 0 fully saturated rings. The Morgan fingerprint density at radius 1 is 1.50 bits per heavy atom. The highest BCUT2D eigenvalue weighted by molar-refractivity contribution is 7.98. The van der Waals surface area contributed by atoms with Crippen LogP contribution in [0.4, 0.5) is 10.1 Å². The summed E-state index contributed by atoms with van der Waals surface area (Å²) in [7, 11) is 0. The molecule has 1 heterocycles. The summed E-state index contributed by atoms with van der Waals surface area (Å²) in [6.07, 6.45) is 0. The van der Waals surface area contributed by atoms with Crippen LogP contribution in [0.25, 0.3) is 0 Å². The van der Waals surface area contributed by atoms with Gasteiger partial charge >= 0.3 is 0 Å². The van der Waals surface area contributed by atoms with E-state index in [4.69, 9.17) is 5.73 Å². The van der Waals surface area contributed by atoms with Crippen molar-refractivity contribution in [1.82, 2.24) is 15.2 Å². The quantitative estimate of drug-likeness (QED) is 0.635. The first-order chi connectivity index (χ1) is 7.65. The first-order valence-corrected chi connectivity index (χ1v) is 5.69. The lowest BCUT2D eigenvalue weighted by atomic mass is 10.2. The van der Waals surface area contributed by atoms with E-state index >= 15 is 0 Å². The summed E-state index contributed by atoms with van der Waals surface area (Å²) >= 11 is 1.45. The monoisotopic (exact) mass is 238 g/mol. The van der Waals surface area contributed by atoms with E-state index in [2.05, 4.69) is 15.2 Å². The minimum Gasteiger partial charge on any atom is -0.396 e. The molecule has 0 aliphatic rings. The minimum absolute atomic E-state index is 0.169. The van der Waals surface area contributed by atoms with Gasteiger partial charge in [0.05, 0.1) is 5.69 Å². The molecule has 4 nitrogen and oxygen atoms in total. The number of nitrogen functional groups attached to an aromatic ring is 1. The van der Waals surface area contributed by atoms with Gasteiger partial charge in [-0.25, -0.2) is 9.37 Å². The van der Waals surface area contributed by atoms with Crippen LogP contribution in [0, 0.1) is 12.7 Å². The number of nitrogens with one attached hydrogen (secondary N) is 1. The van der Waals surface area contributed by atoms with Gasteiger partial charge in [0.2, 0.25) is 5.16 Å². The van der Waals surface area contributed by atoms with Crippen molar-refractivity contribution in [3.63, 3.8) is 0 Å². The third-order valence-electron chi connectivity index (χ3n) is 2.01. The second kappa shape index (κ2) is 4.52. The molecule has 0 spiro atoms. The molecule has 2 rings (SSSR count). The highest BCUT2D eigenvalue weighted by Gasteiger charge is 2.03. The summed E-state index contributed by atoms with van der Waals surface area (Å²) in [6, 6.07) is 4.79. The highest BCUT2D eigenvalue weighted by Crippen LogP contribution is 2.21. The molecule has 6 heteroatoms. The predicted molar refractivity (Wildman–Crippen MR) is 61.5 cm³/mol. The minimum atomic E-state index is -0.385. The van der Waals surface area contributed by atoms with Crippen molar-refractivity contribution in [2.24, 2.45) is 0 Å². The zero-order valence-electron chi connectivity index (χ0n) is 8.70. The van der Waals surface area contributed by atoms with Crippen LogP contribution in [0.3, 0.4) is 0 Å². The van der Waals surface area contributed by atoms with E-state index in [0.29, 0.717) is 10.9 Å². The molecule has 0 atom stereocenters. The average Bonchev–Trinajstić information content (AvgIpc) is 2.66. The number of thioether (sulfide) groups is 1. The molecule has 0 unspecified atom stereocenters. The fourth-order valence-corrected chi connectivity index (χ4v) is 1.98. The third-order valence-corrected chi connectivity index (χ3v) is 2.93. The summed E-state index contributed by atoms with van der Waals surface area (Å²) in [4.78, 5) is 4.14. The topological polar surface area (TPSA) is 67.6 Å². The summed E-state index contributed by atoms with van der Waals surface area (Å²) in [5, 5.41) is 7.39. The molecule has 0 aliphatic carbocycles. The number of aryl methyl sites for hydroxylation is 1. The molecule has 0 saturated carbocycles. The molecule has 1 aromatic carbocycles. The van der Waals surface area contributed by atoms with E-state index in [9.17, 15) is 4.39 Å². The van der Waals surface area contributed by atoms with Gasteiger partial charge in [-0.05, 0) is 24.6 Å². The Kier molecular flexibility index (Phi) is 3.09. The van der Waals surface area contributed by atoms with Crippen LogP contribution in [0.15, 0.2) is 23.4 Å². The SMILES string of the molecule is Cc1nc(SCc2ccc(N)c(F)c2)n[nH]1. The Bertz CT molecular complexity index is 497. The summed E-state index contributed by atoms with van der Waals surface area (Å²) in [5.41, 5.74) is 6.42. The Balaban J connectivity index is 2.02. The third kappa shape index (κ3) is 2.52. The van der Waals surface area contributed by atoms with Gasteiger partial charge in [-0.2, -0.15) is 0 Å². The summed E-state index contributed by atoms with van der Waals surface area (Å²) in [5.74, 6) is 1.00. The van der Waals surface area contributed by atoms with E-state index in [1.807, 2.05) is 6.92 Å². The maximum absolute atomic E-state index is 13.1. The van der Waals surface area contributed by atoms with Crippen LogP contribution in [-0.4, -0.2) is 15.2 Å². The molecule has 84 valence electrons. The largest absolute Gasteiger partial charge is 0.396 e. The number of aromatic nitrogens is 3. The maximum Gasteiger partial charge on any atom is 0.208 e. The smallest absolute Gasteiger partial charge is 0.208 e. The molecular weight excluding hydrogens is 227 g/mol. The molecule has 0 radical (unpaired) electrons. The van der Waals surface area contributed by atoms with Crippen LogP contribution in [0.5, 0.6) is 0 Å². The number of halogens is 1. The number of hydrogen-bond acceptors (Lipinski definition) is 4. The maximum atomic E-state index is 13.1. The molecule has 2 aromatic rings. The van der Waals surface area contributed by atoms with Crippen LogP contribution >= 0.6 is 11.8 Å². The van der Waals surface area contributed by atoms with Gasteiger partial charge in [0.25, 0.3) is 0 Å². The van der Waals surface area contributed by atoms with Gasteiger partial charge in [0.1, 0.15) is 11.6 Å². The lowest BCUT2D eigenvalue weighted by molar-refractivity contribution is 0.631. The second-order valence-electron chi connectivity index (χ2n) is 3.35. The Hall–Kier alpha value is -1.56. The van der Waals surface area contributed by atoms with Gasteiger partial charge in [-0.15, -0.1) is 5.10 Å². The second-order valence-corrected chi connectivity index (χ2v) is 4.29. The van der Waals surface area contributed by atoms with E-state index in [0.717, 1.165) is 11.4 Å². The van der Waals surface area contributed by atoms with Crippen molar-refractivity contribution in [3.8, 4) is 0 Å². The zero-order valence-corrected chi connectivity index (χ0v) is 9.51. The normalized spacial score (nSPS) is 10.6. The van der Waals surface area contributed by atoms with Gasteiger partial charge in [0.15, 0.2) is 0 Å². The lowest BCUT2D eigenvalue weighted by Gasteiger charge is -2.00. The first-order valence-electron chi connectivity index (χ1n) is 4.71. The number of nitrogens with zero attached hydrogens (tertiary/aromatic N) is 2. The van der Waals surface area contributed by atoms with Gasteiger partial charge < -0.3 is 5.73 Å². The van der Waals surface area contributed by atoms with Gasteiger partial charge in [-0.3, -0.25) is 5.10 Å². The number of hydrogen-bond donors (Lipinski definition) is 2. The van der Waals surface area contributed by atoms with E-state index in [1.54, 1.807) is 12.1 Å². The molecule has 3 N–H and O–H groups in total. The van der Waals surface area contributed by atoms with Crippen molar-refractivity contribution < 1.29 is 4.39 Å². The molecular formula is C10H11FN4S. The van der Waals surface area contributed by atoms with Crippen LogP contribution in [-0.2, 0) is 5.75 Å². The molecule has 1 aromatic heterocycles. The number of nitrogens with two attached hydrogens (primary N) is 1. The van der Waals surface area contributed by atoms with E-state index in [-0.39, 0.29) is 11.5 Å². The fraction of sp³-hybridized carbons (Fsp3) is 0.200. The highest BCUT2D eigenvalue weighted by atomic mass is 32.2. The molecule has 0 bridgehead atoms. The fourth-order valence-electron chi connectivity index (χ4n) is 1.20. The number of benzene rings is 1. The van der Waals surface area contributed by atoms with Gasteiger partial charge in [-0.1, -0.05) is 17.8 Å². The molecule has 0 aliphatic heterocycles. The standard InChI is InChI=1S/C10H11FN4S/c1-6-13-10(15-14-6)16-5-7-2-3-9(12)8(11)4-7/h2-4H,5,12H2,1H3,(H,13,14,15). The Morgan fingerprint density at radius 3 is 2.94 bits per heavy atom. The van der Waals surface area contributed by atoms with Crippen molar-refractivity contribution in [3.05, 3.63) is 35.4 Å². The first kappa shape index (κ1) is 10.9. The van der Waals surface area contributed by atoms with Gasteiger partial charge in [0, 0.05) is 5.75 Å². The van der Waals surface area contributed by atoms with Crippen LogP contribution in [0.2, 0.25) is 0 Å². The molecule has 0 amide bonds.